The molecule has 8 heteroatoms. The number of rotatable bonds is 6. The van der Waals surface area contributed by atoms with Gasteiger partial charge in [0.15, 0.2) is 5.58 Å². The molecule has 0 unspecified atom stereocenters. The molecule has 0 aliphatic rings. The maximum atomic E-state index is 12.3. The number of amides is 2. The lowest BCUT2D eigenvalue weighted by molar-refractivity contribution is -0.133. The molecule has 2 amide bonds. The summed E-state index contributed by atoms with van der Waals surface area (Å²) >= 11 is 5.88. The quantitative estimate of drug-likeness (QED) is 0.704. The van der Waals surface area contributed by atoms with Crippen molar-refractivity contribution in [3.8, 4) is 0 Å². The van der Waals surface area contributed by atoms with E-state index in [4.69, 9.17) is 16.0 Å². The van der Waals surface area contributed by atoms with Gasteiger partial charge in [0.25, 0.3) is 0 Å². The molecule has 7 nitrogen and oxygen atoms in total. The van der Waals surface area contributed by atoms with E-state index in [1.807, 2.05) is 0 Å². The molecule has 2 aromatic carbocycles. The van der Waals surface area contributed by atoms with E-state index < -0.39 is 5.76 Å². The third kappa shape index (κ3) is 4.57. The Labute approximate surface area is 160 Å². The topological polar surface area (TPSA) is 84.5 Å². The highest BCUT2D eigenvalue weighted by Crippen LogP contribution is 2.15. The van der Waals surface area contributed by atoms with Gasteiger partial charge in [-0.3, -0.25) is 14.2 Å². The van der Waals surface area contributed by atoms with E-state index in [0.717, 1.165) is 0 Å². The summed E-state index contributed by atoms with van der Waals surface area (Å²) in [7, 11) is 1.54. The van der Waals surface area contributed by atoms with E-state index in [1.165, 1.54) is 16.5 Å². The maximum absolute atomic E-state index is 12.3. The van der Waals surface area contributed by atoms with E-state index in [1.54, 1.807) is 48.5 Å². The number of aromatic nitrogens is 1. The van der Waals surface area contributed by atoms with Crippen molar-refractivity contribution in [2.45, 2.75) is 13.0 Å². The minimum atomic E-state index is -0.509. The molecule has 0 fully saturated rings. The van der Waals surface area contributed by atoms with Gasteiger partial charge >= 0.3 is 5.76 Å². The Morgan fingerprint density at radius 2 is 1.96 bits per heavy atom. The lowest BCUT2D eigenvalue weighted by Crippen LogP contribution is -2.35. The fraction of sp³-hybridized carbons (Fsp3) is 0.211. The average Bonchev–Trinajstić information content (AvgIpc) is 2.94. The summed E-state index contributed by atoms with van der Waals surface area (Å²) in [4.78, 5) is 37.6. The van der Waals surface area contributed by atoms with Crippen LogP contribution < -0.4 is 11.1 Å². The first-order valence-electron chi connectivity index (χ1n) is 8.32. The monoisotopic (exact) mass is 387 g/mol. The van der Waals surface area contributed by atoms with Crippen LogP contribution in [-0.2, 0) is 16.1 Å². The van der Waals surface area contributed by atoms with Crippen molar-refractivity contribution in [1.82, 2.24) is 9.47 Å². The van der Waals surface area contributed by atoms with E-state index in [9.17, 15) is 14.4 Å². The summed E-state index contributed by atoms with van der Waals surface area (Å²) < 4.78 is 6.55. The Balaban J connectivity index is 1.56. The van der Waals surface area contributed by atoms with Crippen molar-refractivity contribution in [2.75, 3.05) is 18.9 Å². The number of benzene rings is 2. The summed E-state index contributed by atoms with van der Waals surface area (Å²) in [5.41, 5.74) is 1.67. The Hall–Kier alpha value is -3.06. The van der Waals surface area contributed by atoms with Crippen LogP contribution in [0.2, 0.25) is 5.02 Å². The van der Waals surface area contributed by atoms with Gasteiger partial charge in [0.2, 0.25) is 11.8 Å². The maximum Gasteiger partial charge on any atom is 0.419 e. The number of hydrogen-bond acceptors (Lipinski definition) is 4. The van der Waals surface area contributed by atoms with Crippen LogP contribution in [0.25, 0.3) is 11.1 Å². The fourth-order valence-corrected chi connectivity index (χ4v) is 2.88. The number of carbonyl (C=O) groups excluding carboxylic acids is 2. The van der Waals surface area contributed by atoms with E-state index in [-0.39, 0.29) is 31.3 Å². The van der Waals surface area contributed by atoms with E-state index in [2.05, 4.69) is 5.32 Å². The van der Waals surface area contributed by atoms with Crippen LogP contribution in [0, 0.1) is 0 Å². The van der Waals surface area contributed by atoms with Crippen LogP contribution in [0.1, 0.15) is 6.42 Å². The number of fused-ring (bicyclic) bond motifs is 1. The standard InChI is InChI=1S/C19H18ClN3O4/c1-22(12-17(24)21-14-6-4-5-13(20)11-14)18(25)9-10-23-15-7-2-3-8-16(15)27-19(23)26/h2-8,11H,9-10,12H2,1H3,(H,21,24). The molecule has 0 aliphatic carbocycles. The van der Waals surface area contributed by atoms with Gasteiger partial charge < -0.3 is 14.6 Å². The zero-order chi connectivity index (χ0) is 19.4. The van der Waals surface area contributed by atoms with Crippen molar-refractivity contribution in [2.24, 2.45) is 0 Å². The first-order valence-corrected chi connectivity index (χ1v) is 8.69. The number of para-hydroxylation sites is 2. The van der Waals surface area contributed by atoms with Gasteiger partial charge in [-0.15, -0.1) is 0 Å². The van der Waals surface area contributed by atoms with Gasteiger partial charge in [-0.05, 0) is 30.3 Å². The molecular formula is C19H18ClN3O4. The zero-order valence-corrected chi connectivity index (χ0v) is 15.4. The first-order chi connectivity index (χ1) is 12.9. The van der Waals surface area contributed by atoms with Gasteiger partial charge in [-0.25, -0.2) is 4.79 Å². The minimum absolute atomic E-state index is 0.0738. The van der Waals surface area contributed by atoms with E-state index in [0.29, 0.717) is 21.8 Å². The molecule has 0 bridgehead atoms. The summed E-state index contributed by atoms with van der Waals surface area (Å²) in [5.74, 6) is -1.10. The molecule has 3 aromatic rings. The zero-order valence-electron chi connectivity index (χ0n) is 14.6. The molecule has 0 saturated carbocycles. The predicted octanol–water partition coefficient (Wildman–Crippen LogP) is 2.74. The third-order valence-corrected chi connectivity index (χ3v) is 4.27. The van der Waals surface area contributed by atoms with Gasteiger partial charge in [0.1, 0.15) is 0 Å². The van der Waals surface area contributed by atoms with Crippen LogP contribution in [0.15, 0.2) is 57.7 Å². The Morgan fingerprint density at radius 1 is 1.19 bits per heavy atom. The SMILES string of the molecule is CN(CC(=O)Nc1cccc(Cl)c1)C(=O)CCn1c(=O)oc2ccccc21. The van der Waals surface area contributed by atoms with Gasteiger partial charge in [0.05, 0.1) is 12.1 Å². The molecule has 1 heterocycles. The third-order valence-electron chi connectivity index (χ3n) is 4.04. The molecule has 0 saturated heterocycles. The first kappa shape index (κ1) is 18.7. The largest absolute Gasteiger partial charge is 0.419 e. The number of anilines is 1. The lowest BCUT2D eigenvalue weighted by atomic mass is 10.3. The van der Waals surface area contributed by atoms with Crippen molar-refractivity contribution >= 4 is 40.2 Å². The number of likely N-dealkylation sites (N-methyl/N-ethyl adjacent to an activating group) is 1. The van der Waals surface area contributed by atoms with Crippen LogP contribution in [0.5, 0.6) is 0 Å². The number of oxazole rings is 1. The van der Waals surface area contributed by atoms with Crippen LogP contribution in [-0.4, -0.2) is 34.9 Å². The minimum Gasteiger partial charge on any atom is -0.408 e. The van der Waals surface area contributed by atoms with Gasteiger partial charge in [-0.2, -0.15) is 0 Å². The van der Waals surface area contributed by atoms with Crippen LogP contribution >= 0.6 is 11.6 Å². The Kier molecular flexibility index (Phi) is 5.61. The Bertz CT molecular complexity index is 1040. The highest BCUT2D eigenvalue weighted by atomic mass is 35.5. The second-order valence-electron chi connectivity index (χ2n) is 6.05. The summed E-state index contributed by atoms with van der Waals surface area (Å²) in [5, 5.41) is 3.19. The molecule has 0 spiro atoms. The average molecular weight is 388 g/mol. The van der Waals surface area contributed by atoms with Crippen molar-refractivity contribution < 1.29 is 14.0 Å². The second kappa shape index (κ2) is 8.09. The number of nitrogens with one attached hydrogen (secondary N) is 1. The summed E-state index contributed by atoms with van der Waals surface area (Å²) in [6.07, 6.45) is 0.0738. The van der Waals surface area contributed by atoms with Crippen molar-refractivity contribution in [1.29, 1.82) is 0 Å². The van der Waals surface area contributed by atoms with E-state index >= 15 is 0 Å². The van der Waals surface area contributed by atoms with Gasteiger partial charge in [-0.1, -0.05) is 29.8 Å². The van der Waals surface area contributed by atoms with Gasteiger partial charge in [0, 0.05) is 30.7 Å². The molecule has 27 heavy (non-hydrogen) atoms. The lowest BCUT2D eigenvalue weighted by Gasteiger charge is -2.17. The number of halogens is 1. The number of aryl methyl sites for hydroxylation is 1. The molecule has 0 atom stereocenters. The number of hydrogen-bond donors (Lipinski definition) is 1. The molecule has 1 aromatic heterocycles. The fourth-order valence-electron chi connectivity index (χ4n) is 2.69. The highest BCUT2D eigenvalue weighted by Gasteiger charge is 2.15. The summed E-state index contributed by atoms with van der Waals surface area (Å²) in [6.45, 7) is 0.0707. The normalized spacial score (nSPS) is 10.7. The molecule has 0 aliphatic heterocycles. The molecule has 3 rings (SSSR count). The smallest absolute Gasteiger partial charge is 0.408 e. The molecule has 1 N–H and O–H groups in total. The van der Waals surface area contributed by atoms with Crippen LogP contribution in [0.4, 0.5) is 5.69 Å². The van der Waals surface area contributed by atoms with Crippen LogP contribution in [0.3, 0.4) is 0 Å². The predicted molar refractivity (Wildman–Crippen MR) is 103 cm³/mol. The summed E-state index contributed by atoms with van der Waals surface area (Å²) in [6, 6.07) is 13.8. The molecule has 140 valence electrons. The highest BCUT2D eigenvalue weighted by molar-refractivity contribution is 6.30. The second-order valence-corrected chi connectivity index (χ2v) is 6.48. The number of carbonyl (C=O) groups is 2. The van der Waals surface area contributed by atoms with Crippen molar-refractivity contribution in [3.05, 3.63) is 64.1 Å². The molecular weight excluding hydrogens is 370 g/mol. The molecule has 0 radical (unpaired) electrons. The van der Waals surface area contributed by atoms with Crippen molar-refractivity contribution in [3.63, 3.8) is 0 Å². The Morgan fingerprint density at radius 3 is 2.74 bits per heavy atom. The number of nitrogens with zero attached hydrogens (tertiary/aromatic N) is 2.